The van der Waals surface area contributed by atoms with Gasteiger partial charge in [0.25, 0.3) is 5.91 Å². The van der Waals surface area contributed by atoms with Crippen molar-refractivity contribution in [2.24, 2.45) is 0 Å². The van der Waals surface area contributed by atoms with E-state index in [-0.39, 0.29) is 23.6 Å². The number of carbonyl (C=O) groups is 2. The predicted molar refractivity (Wildman–Crippen MR) is 106 cm³/mol. The van der Waals surface area contributed by atoms with Crippen molar-refractivity contribution in [3.8, 4) is 5.75 Å². The van der Waals surface area contributed by atoms with Crippen LogP contribution >= 0.6 is 0 Å². The first-order valence-electron chi connectivity index (χ1n) is 9.25. The van der Waals surface area contributed by atoms with Crippen molar-refractivity contribution in [2.45, 2.75) is 13.2 Å². The average molecular weight is 429 g/mol. The van der Waals surface area contributed by atoms with Crippen LogP contribution in [-0.4, -0.2) is 28.4 Å². The van der Waals surface area contributed by atoms with E-state index in [0.717, 1.165) is 11.0 Å². The molecule has 0 fully saturated rings. The van der Waals surface area contributed by atoms with Crippen molar-refractivity contribution < 1.29 is 32.6 Å². The maximum atomic E-state index is 14.0. The van der Waals surface area contributed by atoms with Gasteiger partial charge < -0.3 is 14.7 Å². The van der Waals surface area contributed by atoms with Crippen molar-refractivity contribution in [1.82, 2.24) is 4.90 Å². The Morgan fingerprint density at radius 1 is 0.935 bits per heavy atom. The summed E-state index contributed by atoms with van der Waals surface area (Å²) in [6.07, 6.45) is 0. The number of hydrogen-bond acceptors (Lipinski definition) is 3. The van der Waals surface area contributed by atoms with Gasteiger partial charge in [-0.1, -0.05) is 30.3 Å². The number of carboxylic acids is 1. The van der Waals surface area contributed by atoms with E-state index in [1.165, 1.54) is 36.4 Å². The van der Waals surface area contributed by atoms with Gasteiger partial charge in [-0.05, 0) is 42.0 Å². The molecule has 0 saturated carbocycles. The summed E-state index contributed by atoms with van der Waals surface area (Å²) in [5, 5.41) is 9.15. The lowest BCUT2D eigenvalue weighted by atomic mass is 10.1. The van der Waals surface area contributed by atoms with Crippen molar-refractivity contribution >= 4 is 11.9 Å². The van der Waals surface area contributed by atoms with E-state index in [2.05, 4.69) is 0 Å². The molecule has 8 heteroatoms. The SMILES string of the molecule is O=C(O)CN(Cc1cccc(F)c1F)C(=O)c1cccc(OCc2ccc(F)cc2)c1. The zero-order chi connectivity index (χ0) is 22.4. The second-order valence-corrected chi connectivity index (χ2v) is 6.71. The molecule has 3 aromatic carbocycles. The summed E-state index contributed by atoms with van der Waals surface area (Å²) < 4.78 is 46.1. The highest BCUT2D eigenvalue weighted by Gasteiger charge is 2.21. The number of hydrogen-bond donors (Lipinski definition) is 1. The van der Waals surface area contributed by atoms with Crippen molar-refractivity contribution in [2.75, 3.05) is 6.54 Å². The Balaban J connectivity index is 1.77. The lowest BCUT2D eigenvalue weighted by Gasteiger charge is -2.21. The van der Waals surface area contributed by atoms with E-state index >= 15 is 0 Å². The third kappa shape index (κ3) is 5.85. The number of amides is 1. The van der Waals surface area contributed by atoms with Crippen LogP contribution in [0.1, 0.15) is 21.5 Å². The third-order valence-electron chi connectivity index (χ3n) is 4.41. The van der Waals surface area contributed by atoms with Crippen LogP contribution in [0.5, 0.6) is 5.75 Å². The normalized spacial score (nSPS) is 10.5. The van der Waals surface area contributed by atoms with Gasteiger partial charge in [-0.25, -0.2) is 13.2 Å². The van der Waals surface area contributed by atoms with Gasteiger partial charge in [0.15, 0.2) is 11.6 Å². The Bertz CT molecular complexity index is 1090. The molecular weight excluding hydrogens is 411 g/mol. The van der Waals surface area contributed by atoms with E-state index in [1.807, 2.05) is 0 Å². The number of carbonyl (C=O) groups excluding carboxylic acids is 1. The fourth-order valence-electron chi connectivity index (χ4n) is 2.89. The van der Waals surface area contributed by atoms with Crippen LogP contribution in [0.3, 0.4) is 0 Å². The smallest absolute Gasteiger partial charge is 0.323 e. The van der Waals surface area contributed by atoms with Crippen LogP contribution in [0.4, 0.5) is 13.2 Å². The lowest BCUT2D eigenvalue weighted by molar-refractivity contribution is -0.137. The van der Waals surface area contributed by atoms with E-state index in [0.29, 0.717) is 11.3 Å². The number of ether oxygens (including phenoxy) is 1. The van der Waals surface area contributed by atoms with Crippen LogP contribution in [0.15, 0.2) is 66.7 Å². The van der Waals surface area contributed by atoms with Gasteiger partial charge in [-0.2, -0.15) is 0 Å². The Hall–Kier alpha value is -3.81. The summed E-state index contributed by atoms with van der Waals surface area (Å²) in [4.78, 5) is 25.0. The maximum Gasteiger partial charge on any atom is 0.323 e. The molecule has 3 aromatic rings. The van der Waals surface area contributed by atoms with Gasteiger partial charge in [0.2, 0.25) is 0 Å². The molecule has 0 aliphatic rings. The van der Waals surface area contributed by atoms with Gasteiger partial charge in [-0.3, -0.25) is 9.59 Å². The first kappa shape index (κ1) is 21.9. The summed E-state index contributed by atoms with van der Waals surface area (Å²) in [7, 11) is 0. The molecule has 1 amide bonds. The Kier molecular flexibility index (Phi) is 6.92. The lowest BCUT2D eigenvalue weighted by Crippen LogP contribution is -2.35. The number of aliphatic carboxylic acids is 1. The Labute approximate surface area is 176 Å². The summed E-state index contributed by atoms with van der Waals surface area (Å²) in [6.45, 7) is -0.990. The Morgan fingerprint density at radius 2 is 1.65 bits per heavy atom. The molecule has 0 spiro atoms. The van der Waals surface area contributed by atoms with Crippen LogP contribution in [0, 0.1) is 17.5 Å². The summed E-state index contributed by atoms with van der Waals surface area (Å²) in [6, 6.07) is 15.3. The molecule has 0 bridgehead atoms. The highest BCUT2D eigenvalue weighted by atomic mass is 19.2. The average Bonchev–Trinajstić information content (AvgIpc) is 2.75. The molecule has 0 saturated heterocycles. The molecule has 0 heterocycles. The van der Waals surface area contributed by atoms with Crippen LogP contribution in [0.2, 0.25) is 0 Å². The molecule has 160 valence electrons. The zero-order valence-corrected chi connectivity index (χ0v) is 16.2. The van der Waals surface area contributed by atoms with Gasteiger partial charge in [-0.15, -0.1) is 0 Å². The van der Waals surface area contributed by atoms with E-state index in [4.69, 9.17) is 9.84 Å². The standard InChI is InChI=1S/C23H18F3NO4/c24-18-9-7-15(8-10-18)14-31-19-5-1-3-16(11-19)23(30)27(13-21(28)29)12-17-4-2-6-20(25)22(17)26/h1-11H,12-14H2,(H,28,29). The van der Waals surface area contributed by atoms with Gasteiger partial charge in [0.05, 0.1) is 0 Å². The van der Waals surface area contributed by atoms with Crippen LogP contribution in [0.25, 0.3) is 0 Å². The molecule has 0 radical (unpaired) electrons. The van der Waals surface area contributed by atoms with E-state index in [9.17, 15) is 22.8 Å². The minimum atomic E-state index is -1.30. The number of nitrogens with zero attached hydrogens (tertiary/aromatic N) is 1. The summed E-state index contributed by atoms with van der Waals surface area (Å²) in [5.41, 5.74) is 0.695. The predicted octanol–water partition coefficient (Wildman–Crippen LogP) is 4.41. The molecular formula is C23H18F3NO4. The van der Waals surface area contributed by atoms with Crippen molar-refractivity contribution in [1.29, 1.82) is 0 Å². The van der Waals surface area contributed by atoms with Gasteiger partial charge in [0.1, 0.15) is 24.7 Å². The first-order valence-corrected chi connectivity index (χ1v) is 9.25. The second kappa shape index (κ2) is 9.80. The molecule has 5 nitrogen and oxygen atoms in total. The topological polar surface area (TPSA) is 66.8 Å². The highest BCUT2D eigenvalue weighted by Crippen LogP contribution is 2.19. The van der Waals surface area contributed by atoms with Crippen molar-refractivity contribution in [3.05, 3.63) is 101 Å². The molecule has 3 rings (SSSR count). The number of rotatable bonds is 8. The van der Waals surface area contributed by atoms with Gasteiger partial charge in [0, 0.05) is 17.7 Å². The highest BCUT2D eigenvalue weighted by molar-refractivity contribution is 5.96. The molecule has 0 aromatic heterocycles. The van der Waals surface area contributed by atoms with E-state index < -0.39 is 36.6 Å². The fourth-order valence-corrected chi connectivity index (χ4v) is 2.89. The molecule has 0 aliphatic carbocycles. The van der Waals surface area contributed by atoms with Crippen LogP contribution < -0.4 is 4.74 Å². The number of benzene rings is 3. The van der Waals surface area contributed by atoms with Crippen molar-refractivity contribution in [3.63, 3.8) is 0 Å². The molecule has 0 unspecified atom stereocenters. The maximum absolute atomic E-state index is 14.0. The largest absolute Gasteiger partial charge is 0.489 e. The zero-order valence-electron chi connectivity index (χ0n) is 16.2. The molecule has 1 N–H and O–H groups in total. The molecule has 0 aliphatic heterocycles. The summed E-state index contributed by atoms with van der Waals surface area (Å²) >= 11 is 0. The monoisotopic (exact) mass is 429 g/mol. The molecule has 0 atom stereocenters. The van der Waals surface area contributed by atoms with E-state index in [1.54, 1.807) is 24.3 Å². The minimum absolute atomic E-state index is 0.120. The first-order chi connectivity index (χ1) is 14.8. The summed E-state index contributed by atoms with van der Waals surface area (Å²) in [5.74, 6) is -4.24. The fraction of sp³-hybridized carbons (Fsp3) is 0.130. The third-order valence-corrected chi connectivity index (χ3v) is 4.41. The Morgan fingerprint density at radius 3 is 2.35 bits per heavy atom. The second-order valence-electron chi connectivity index (χ2n) is 6.71. The minimum Gasteiger partial charge on any atom is -0.489 e. The number of halogens is 3. The quantitative estimate of drug-likeness (QED) is 0.576. The molecule has 31 heavy (non-hydrogen) atoms. The van der Waals surface area contributed by atoms with Gasteiger partial charge >= 0.3 is 5.97 Å². The van der Waals surface area contributed by atoms with Crippen LogP contribution in [-0.2, 0) is 17.9 Å². The number of carboxylic acid groups (broad SMARTS) is 1.